The van der Waals surface area contributed by atoms with Crippen molar-refractivity contribution in [1.29, 1.82) is 0 Å². The fourth-order valence-electron chi connectivity index (χ4n) is 1.83. The number of hydrogen-bond donors (Lipinski definition) is 2. The molecule has 0 fully saturated rings. The van der Waals surface area contributed by atoms with Gasteiger partial charge in [0.25, 0.3) is 11.6 Å². The minimum atomic E-state index is -0.530. The second-order valence-electron chi connectivity index (χ2n) is 4.28. The van der Waals surface area contributed by atoms with Crippen LogP contribution in [0.3, 0.4) is 0 Å². The standard InChI is InChI=1S/C14H14N4O3/c1-15-13-5-4-11(18(20)21)7-12(13)14(19)17-9-10-3-2-6-16-8-10/h2-8,15H,9H2,1H3,(H,17,19). The van der Waals surface area contributed by atoms with Crippen molar-refractivity contribution in [3.63, 3.8) is 0 Å². The third kappa shape index (κ3) is 3.53. The number of non-ortho nitro benzene ring substituents is 1. The first-order chi connectivity index (χ1) is 10.1. The Hall–Kier alpha value is -2.96. The zero-order valence-corrected chi connectivity index (χ0v) is 11.4. The van der Waals surface area contributed by atoms with Crippen molar-refractivity contribution in [2.75, 3.05) is 12.4 Å². The summed E-state index contributed by atoms with van der Waals surface area (Å²) in [4.78, 5) is 26.4. The Bertz CT molecular complexity index is 659. The number of benzene rings is 1. The smallest absolute Gasteiger partial charge is 0.270 e. The summed E-state index contributed by atoms with van der Waals surface area (Å²) in [5, 5.41) is 16.4. The van der Waals surface area contributed by atoms with E-state index in [9.17, 15) is 14.9 Å². The number of hydrogen-bond acceptors (Lipinski definition) is 5. The van der Waals surface area contributed by atoms with Gasteiger partial charge in [0.15, 0.2) is 0 Å². The van der Waals surface area contributed by atoms with Crippen molar-refractivity contribution in [1.82, 2.24) is 10.3 Å². The maximum absolute atomic E-state index is 12.2. The van der Waals surface area contributed by atoms with Crippen LogP contribution in [0.5, 0.6) is 0 Å². The van der Waals surface area contributed by atoms with Gasteiger partial charge in [0.2, 0.25) is 0 Å². The van der Waals surface area contributed by atoms with Gasteiger partial charge < -0.3 is 10.6 Å². The van der Waals surface area contributed by atoms with Crippen LogP contribution in [0.15, 0.2) is 42.7 Å². The van der Waals surface area contributed by atoms with E-state index in [0.717, 1.165) is 5.56 Å². The molecule has 0 radical (unpaired) electrons. The maximum atomic E-state index is 12.2. The van der Waals surface area contributed by atoms with Gasteiger partial charge in [0.1, 0.15) is 0 Å². The molecule has 0 unspecified atom stereocenters. The molecule has 7 heteroatoms. The number of nitro groups is 1. The van der Waals surface area contributed by atoms with E-state index < -0.39 is 4.92 Å². The zero-order valence-electron chi connectivity index (χ0n) is 11.4. The number of nitro benzene ring substituents is 1. The largest absolute Gasteiger partial charge is 0.387 e. The van der Waals surface area contributed by atoms with Crippen molar-refractivity contribution in [2.45, 2.75) is 6.54 Å². The van der Waals surface area contributed by atoms with Gasteiger partial charge >= 0.3 is 0 Å². The predicted molar refractivity (Wildman–Crippen MR) is 78.1 cm³/mol. The Morgan fingerprint density at radius 2 is 2.19 bits per heavy atom. The highest BCUT2D eigenvalue weighted by molar-refractivity contribution is 6.00. The molecule has 2 N–H and O–H groups in total. The van der Waals surface area contributed by atoms with Gasteiger partial charge in [0.05, 0.1) is 10.5 Å². The molecule has 108 valence electrons. The summed E-state index contributed by atoms with van der Waals surface area (Å²) in [5.74, 6) is -0.382. The van der Waals surface area contributed by atoms with Crippen molar-refractivity contribution in [2.24, 2.45) is 0 Å². The molecule has 0 saturated heterocycles. The summed E-state index contributed by atoms with van der Waals surface area (Å²) in [5.41, 5.74) is 1.49. The molecule has 0 saturated carbocycles. The predicted octanol–water partition coefficient (Wildman–Crippen LogP) is 1.96. The highest BCUT2D eigenvalue weighted by atomic mass is 16.6. The molecular formula is C14H14N4O3. The quantitative estimate of drug-likeness (QED) is 0.647. The molecule has 0 aliphatic rings. The molecule has 7 nitrogen and oxygen atoms in total. The Morgan fingerprint density at radius 1 is 1.38 bits per heavy atom. The normalized spacial score (nSPS) is 9.95. The lowest BCUT2D eigenvalue weighted by Crippen LogP contribution is -2.23. The van der Waals surface area contributed by atoms with Crippen LogP contribution in [0, 0.1) is 10.1 Å². The van der Waals surface area contributed by atoms with Gasteiger partial charge in [-0.1, -0.05) is 6.07 Å². The van der Waals surface area contributed by atoms with Crippen molar-refractivity contribution in [3.8, 4) is 0 Å². The Kier molecular flexibility index (Phi) is 4.45. The van der Waals surface area contributed by atoms with Gasteiger partial charge in [-0.3, -0.25) is 19.9 Å². The van der Waals surface area contributed by atoms with Crippen LogP contribution in [0.25, 0.3) is 0 Å². The summed E-state index contributed by atoms with van der Waals surface area (Å²) >= 11 is 0. The van der Waals surface area contributed by atoms with Crippen LogP contribution < -0.4 is 10.6 Å². The minimum Gasteiger partial charge on any atom is -0.387 e. The SMILES string of the molecule is CNc1ccc([N+](=O)[O-])cc1C(=O)NCc1cccnc1. The molecular weight excluding hydrogens is 272 g/mol. The van der Waals surface area contributed by atoms with Crippen LogP contribution in [0.4, 0.5) is 11.4 Å². The summed E-state index contributed by atoms with van der Waals surface area (Å²) in [6, 6.07) is 7.72. The lowest BCUT2D eigenvalue weighted by molar-refractivity contribution is -0.384. The van der Waals surface area contributed by atoms with Crippen molar-refractivity contribution >= 4 is 17.3 Å². The first kappa shape index (κ1) is 14.4. The van der Waals surface area contributed by atoms with E-state index in [1.165, 1.54) is 18.2 Å². The summed E-state index contributed by atoms with van der Waals surface area (Å²) < 4.78 is 0. The first-order valence-electron chi connectivity index (χ1n) is 6.25. The van der Waals surface area contributed by atoms with Crippen LogP contribution in [0.2, 0.25) is 0 Å². The van der Waals surface area contributed by atoms with Crippen molar-refractivity contribution in [3.05, 3.63) is 64.0 Å². The van der Waals surface area contributed by atoms with E-state index >= 15 is 0 Å². The highest BCUT2D eigenvalue weighted by Crippen LogP contribution is 2.21. The molecule has 2 aromatic rings. The molecule has 0 spiro atoms. The molecule has 1 aromatic heterocycles. The Labute approximate surface area is 121 Å². The van der Waals surface area contributed by atoms with Crippen LogP contribution in [-0.2, 0) is 6.54 Å². The van der Waals surface area contributed by atoms with Gasteiger partial charge in [-0.25, -0.2) is 0 Å². The molecule has 0 aliphatic carbocycles. The van der Waals surface area contributed by atoms with E-state index in [-0.39, 0.29) is 17.2 Å². The monoisotopic (exact) mass is 286 g/mol. The topological polar surface area (TPSA) is 97.2 Å². The lowest BCUT2D eigenvalue weighted by atomic mass is 10.1. The van der Waals surface area contributed by atoms with Crippen LogP contribution in [-0.4, -0.2) is 22.9 Å². The number of anilines is 1. The number of nitrogens with zero attached hydrogens (tertiary/aromatic N) is 2. The van der Waals surface area contributed by atoms with Gasteiger partial charge in [0, 0.05) is 43.8 Å². The molecule has 0 atom stereocenters. The maximum Gasteiger partial charge on any atom is 0.270 e. The fourth-order valence-corrected chi connectivity index (χ4v) is 1.83. The minimum absolute atomic E-state index is 0.125. The Morgan fingerprint density at radius 3 is 2.81 bits per heavy atom. The first-order valence-corrected chi connectivity index (χ1v) is 6.25. The molecule has 1 aromatic carbocycles. The summed E-state index contributed by atoms with van der Waals surface area (Å²) in [6.45, 7) is 0.304. The number of amides is 1. The number of carbonyl (C=O) groups excluding carboxylic acids is 1. The molecule has 1 amide bonds. The Balaban J connectivity index is 2.17. The van der Waals surface area contributed by atoms with Gasteiger partial charge in [-0.15, -0.1) is 0 Å². The second kappa shape index (κ2) is 6.47. The van der Waals surface area contributed by atoms with Crippen LogP contribution >= 0.6 is 0 Å². The fraction of sp³-hybridized carbons (Fsp3) is 0.143. The van der Waals surface area contributed by atoms with Gasteiger partial charge in [-0.05, 0) is 17.7 Å². The van der Waals surface area contributed by atoms with E-state index in [0.29, 0.717) is 12.2 Å². The van der Waals surface area contributed by atoms with Gasteiger partial charge in [-0.2, -0.15) is 0 Å². The van der Waals surface area contributed by atoms with E-state index in [1.54, 1.807) is 25.5 Å². The van der Waals surface area contributed by atoms with E-state index in [4.69, 9.17) is 0 Å². The average Bonchev–Trinajstić information content (AvgIpc) is 2.52. The van der Waals surface area contributed by atoms with Crippen molar-refractivity contribution < 1.29 is 9.72 Å². The summed E-state index contributed by atoms with van der Waals surface area (Å²) in [7, 11) is 1.65. The molecule has 1 heterocycles. The lowest BCUT2D eigenvalue weighted by Gasteiger charge is -2.09. The number of pyridine rings is 1. The number of rotatable bonds is 5. The number of carbonyl (C=O) groups is 1. The van der Waals surface area contributed by atoms with Crippen LogP contribution in [0.1, 0.15) is 15.9 Å². The third-order valence-electron chi connectivity index (χ3n) is 2.90. The highest BCUT2D eigenvalue weighted by Gasteiger charge is 2.15. The molecule has 21 heavy (non-hydrogen) atoms. The molecule has 0 aliphatic heterocycles. The number of nitrogens with one attached hydrogen (secondary N) is 2. The third-order valence-corrected chi connectivity index (χ3v) is 2.90. The summed E-state index contributed by atoms with van der Waals surface area (Å²) in [6.07, 6.45) is 3.29. The number of aromatic nitrogens is 1. The second-order valence-corrected chi connectivity index (χ2v) is 4.28. The zero-order chi connectivity index (χ0) is 15.2. The van der Waals surface area contributed by atoms with E-state index in [2.05, 4.69) is 15.6 Å². The average molecular weight is 286 g/mol. The molecule has 0 bridgehead atoms. The van der Waals surface area contributed by atoms with E-state index in [1.807, 2.05) is 6.07 Å². The molecule has 2 rings (SSSR count).